The van der Waals surface area contributed by atoms with E-state index in [0.717, 1.165) is 5.56 Å². The van der Waals surface area contributed by atoms with Crippen LogP contribution in [0, 0.1) is 5.82 Å². The Bertz CT molecular complexity index is 1070. The molecular formula is C24H20FNO3S. The van der Waals surface area contributed by atoms with E-state index < -0.39 is 5.97 Å². The van der Waals surface area contributed by atoms with Crippen LogP contribution in [-0.2, 0) is 9.53 Å². The summed E-state index contributed by atoms with van der Waals surface area (Å²) in [5.41, 5.74) is 2.53. The summed E-state index contributed by atoms with van der Waals surface area (Å²) in [4.78, 5) is 24.8. The summed E-state index contributed by atoms with van der Waals surface area (Å²) in [5, 5.41) is 4.86. The first-order valence-corrected chi connectivity index (χ1v) is 10.2. The van der Waals surface area contributed by atoms with Gasteiger partial charge < -0.3 is 10.1 Å². The Morgan fingerprint density at radius 1 is 1.07 bits per heavy atom. The number of nitrogens with one attached hydrogen (secondary N) is 1. The molecule has 4 nitrogen and oxygen atoms in total. The van der Waals surface area contributed by atoms with Gasteiger partial charge in [-0.25, -0.2) is 9.18 Å². The minimum atomic E-state index is -0.540. The molecular weight excluding hydrogens is 401 g/mol. The minimum absolute atomic E-state index is 0.203. The molecule has 0 saturated carbocycles. The fraction of sp³-hybridized carbons (Fsp3) is 0.0833. The Labute approximate surface area is 178 Å². The van der Waals surface area contributed by atoms with Crippen molar-refractivity contribution in [1.82, 2.24) is 0 Å². The number of carbonyl (C=O) groups is 2. The van der Waals surface area contributed by atoms with Crippen molar-refractivity contribution < 1.29 is 18.7 Å². The molecule has 1 amide bonds. The molecule has 3 rings (SSSR count). The molecule has 6 heteroatoms. The van der Waals surface area contributed by atoms with E-state index in [9.17, 15) is 14.0 Å². The van der Waals surface area contributed by atoms with E-state index in [2.05, 4.69) is 5.32 Å². The molecule has 2 aromatic carbocycles. The smallest absolute Gasteiger partial charge is 0.341 e. The third-order valence-corrected chi connectivity index (χ3v) is 5.00. The average molecular weight is 421 g/mol. The number of allylic oxidation sites excluding steroid dienone is 2. The monoisotopic (exact) mass is 421 g/mol. The second-order valence-electron chi connectivity index (χ2n) is 6.20. The largest absolute Gasteiger partial charge is 0.462 e. The van der Waals surface area contributed by atoms with Gasteiger partial charge in [-0.15, -0.1) is 11.3 Å². The molecule has 0 fully saturated rings. The number of benzene rings is 2. The average Bonchev–Trinajstić information content (AvgIpc) is 3.16. The number of thiophene rings is 1. The summed E-state index contributed by atoms with van der Waals surface area (Å²) >= 11 is 1.22. The number of anilines is 1. The number of ether oxygens (including phenoxy) is 1. The lowest BCUT2D eigenvalue weighted by molar-refractivity contribution is -0.111. The van der Waals surface area contributed by atoms with E-state index in [1.54, 1.807) is 36.6 Å². The molecule has 3 aromatic rings. The Hall–Kier alpha value is -3.51. The van der Waals surface area contributed by atoms with Gasteiger partial charge in [0, 0.05) is 17.0 Å². The van der Waals surface area contributed by atoms with Gasteiger partial charge in [0.05, 0.1) is 6.61 Å². The van der Waals surface area contributed by atoms with Gasteiger partial charge in [0.15, 0.2) is 0 Å². The molecule has 1 aromatic heterocycles. The minimum Gasteiger partial charge on any atom is -0.462 e. The number of carbonyl (C=O) groups excluding carboxylic acids is 2. The van der Waals surface area contributed by atoms with Crippen LogP contribution in [0.15, 0.2) is 78.2 Å². The summed E-state index contributed by atoms with van der Waals surface area (Å²) in [6.07, 6.45) is 6.65. The topological polar surface area (TPSA) is 55.4 Å². The number of hydrogen-bond acceptors (Lipinski definition) is 4. The Morgan fingerprint density at radius 2 is 1.80 bits per heavy atom. The highest BCUT2D eigenvalue weighted by atomic mass is 32.1. The van der Waals surface area contributed by atoms with Gasteiger partial charge in [0.25, 0.3) is 0 Å². The third-order valence-electron chi connectivity index (χ3n) is 4.11. The Morgan fingerprint density at radius 3 is 2.50 bits per heavy atom. The lowest BCUT2D eigenvalue weighted by atomic mass is 10.0. The molecule has 0 aliphatic rings. The SMILES string of the molecule is CCOC(=O)c1c(-c2ccc(F)cc2)csc1NC(=O)C=CC=Cc1ccccc1. The second kappa shape index (κ2) is 10.3. The third kappa shape index (κ3) is 5.52. The molecule has 0 aliphatic heterocycles. The van der Waals surface area contributed by atoms with E-state index in [-0.39, 0.29) is 23.9 Å². The van der Waals surface area contributed by atoms with Crippen molar-refractivity contribution in [1.29, 1.82) is 0 Å². The van der Waals surface area contributed by atoms with E-state index in [0.29, 0.717) is 16.1 Å². The molecule has 0 saturated heterocycles. The highest BCUT2D eigenvalue weighted by molar-refractivity contribution is 7.15. The van der Waals surface area contributed by atoms with Crippen molar-refractivity contribution in [3.8, 4) is 11.1 Å². The number of amides is 1. The van der Waals surface area contributed by atoms with Gasteiger partial charge >= 0.3 is 5.97 Å². The van der Waals surface area contributed by atoms with E-state index in [4.69, 9.17) is 4.74 Å². The van der Waals surface area contributed by atoms with Crippen LogP contribution in [0.25, 0.3) is 17.2 Å². The van der Waals surface area contributed by atoms with Crippen molar-refractivity contribution >= 4 is 34.3 Å². The first-order valence-electron chi connectivity index (χ1n) is 9.34. The second-order valence-corrected chi connectivity index (χ2v) is 7.08. The molecule has 30 heavy (non-hydrogen) atoms. The molecule has 1 N–H and O–H groups in total. The van der Waals surface area contributed by atoms with Gasteiger partial charge in [-0.05, 0) is 30.2 Å². The van der Waals surface area contributed by atoms with Gasteiger partial charge in [0.2, 0.25) is 5.91 Å². The molecule has 0 atom stereocenters. The molecule has 152 valence electrons. The molecule has 0 unspecified atom stereocenters. The fourth-order valence-corrected chi connectivity index (χ4v) is 3.69. The molecule has 0 radical (unpaired) electrons. The van der Waals surface area contributed by atoms with Crippen LogP contribution in [0.5, 0.6) is 0 Å². The van der Waals surface area contributed by atoms with Gasteiger partial charge in [0.1, 0.15) is 16.4 Å². The fourth-order valence-electron chi connectivity index (χ4n) is 2.73. The van der Waals surface area contributed by atoms with Gasteiger partial charge in [-0.2, -0.15) is 0 Å². The highest BCUT2D eigenvalue weighted by Gasteiger charge is 2.22. The van der Waals surface area contributed by atoms with Crippen molar-refractivity contribution in [3.05, 3.63) is 95.1 Å². The maximum absolute atomic E-state index is 13.3. The highest BCUT2D eigenvalue weighted by Crippen LogP contribution is 2.36. The summed E-state index contributed by atoms with van der Waals surface area (Å²) in [6.45, 7) is 1.91. The predicted molar refractivity (Wildman–Crippen MR) is 119 cm³/mol. The zero-order valence-corrected chi connectivity index (χ0v) is 17.1. The van der Waals surface area contributed by atoms with Gasteiger partial charge in [-0.1, -0.05) is 60.7 Å². The normalized spacial score (nSPS) is 11.1. The Balaban J connectivity index is 1.78. The first kappa shape index (κ1) is 21.2. The number of halogens is 1. The number of hydrogen-bond donors (Lipinski definition) is 1. The van der Waals surface area contributed by atoms with Gasteiger partial charge in [-0.3, -0.25) is 4.79 Å². The lowest BCUT2D eigenvalue weighted by Crippen LogP contribution is -2.12. The van der Waals surface area contributed by atoms with Crippen molar-refractivity contribution in [2.24, 2.45) is 0 Å². The maximum atomic E-state index is 13.3. The van der Waals surface area contributed by atoms with Crippen LogP contribution in [0.3, 0.4) is 0 Å². The lowest BCUT2D eigenvalue weighted by Gasteiger charge is -2.08. The Kier molecular flexibility index (Phi) is 7.29. The summed E-state index contributed by atoms with van der Waals surface area (Å²) in [5.74, 6) is -1.28. The molecule has 0 bridgehead atoms. The number of rotatable bonds is 7. The van der Waals surface area contributed by atoms with Crippen molar-refractivity contribution in [3.63, 3.8) is 0 Å². The van der Waals surface area contributed by atoms with E-state index in [1.807, 2.05) is 36.4 Å². The molecule has 1 heterocycles. The standard InChI is InChI=1S/C24H20FNO3S/c1-2-29-24(28)22-20(18-12-14-19(25)15-13-18)16-30-23(22)26-21(27)11-7-6-10-17-8-4-3-5-9-17/h3-16H,2H2,1H3,(H,26,27). The van der Waals surface area contributed by atoms with Crippen LogP contribution in [0.1, 0.15) is 22.8 Å². The number of esters is 1. The summed E-state index contributed by atoms with van der Waals surface area (Å²) < 4.78 is 18.4. The van der Waals surface area contributed by atoms with Crippen LogP contribution in [0.2, 0.25) is 0 Å². The quantitative estimate of drug-likeness (QED) is 0.292. The first-order chi connectivity index (χ1) is 14.6. The van der Waals surface area contributed by atoms with E-state index >= 15 is 0 Å². The van der Waals surface area contributed by atoms with Crippen LogP contribution >= 0.6 is 11.3 Å². The van der Waals surface area contributed by atoms with Crippen molar-refractivity contribution in [2.75, 3.05) is 11.9 Å². The maximum Gasteiger partial charge on any atom is 0.341 e. The zero-order chi connectivity index (χ0) is 21.3. The van der Waals surface area contributed by atoms with E-state index in [1.165, 1.54) is 29.5 Å². The van der Waals surface area contributed by atoms with Crippen LogP contribution < -0.4 is 5.32 Å². The zero-order valence-electron chi connectivity index (χ0n) is 16.3. The summed E-state index contributed by atoms with van der Waals surface area (Å²) in [6, 6.07) is 15.5. The van der Waals surface area contributed by atoms with Crippen LogP contribution in [-0.4, -0.2) is 18.5 Å². The van der Waals surface area contributed by atoms with Crippen LogP contribution in [0.4, 0.5) is 9.39 Å². The molecule has 0 aliphatic carbocycles. The summed E-state index contributed by atoms with van der Waals surface area (Å²) in [7, 11) is 0. The molecule has 0 spiro atoms. The predicted octanol–water partition coefficient (Wildman–Crippen LogP) is 5.94. The van der Waals surface area contributed by atoms with Crippen molar-refractivity contribution in [2.45, 2.75) is 6.92 Å².